The lowest BCUT2D eigenvalue weighted by Crippen LogP contribution is -2.15. The van der Waals surface area contributed by atoms with Crippen molar-refractivity contribution in [1.82, 2.24) is 9.55 Å². The van der Waals surface area contributed by atoms with Crippen LogP contribution >= 0.6 is 0 Å². The number of aromatic amines is 1. The lowest BCUT2D eigenvalue weighted by atomic mass is 10.1. The van der Waals surface area contributed by atoms with E-state index < -0.39 is 17.5 Å². The van der Waals surface area contributed by atoms with Gasteiger partial charge in [0.25, 0.3) is 0 Å². The van der Waals surface area contributed by atoms with E-state index in [9.17, 15) is 14.0 Å². The molecule has 0 amide bonds. The lowest BCUT2D eigenvalue weighted by molar-refractivity contribution is 0.0595. The largest absolute Gasteiger partial charge is 0.464 e. The Labute approximate surface area is 131 Å². The number of methoxy groups -OCH3 is 1. The second-order valence-electron chi connectivity index (χ2n) is 4.82. The monoisotopic (exact) mass is 312 g/mol. The third kappa shape index (κ3) is 2.66. The molecular formula is C17H13FN2O3. The Hall–Kier alpha value is -3.15. The number of esters is 1. The van der Waals surface area contributed by atoms with Gasteiger partial charge in [-0.3, -0.25) is 9.55 Å². The van der Waals surface area contributed by atoms with E-state index in [1.165, 1.54) is 35.9 Å². The Balaban J connectivity index is 2.32. The molecule has 0 aliphatic carbocycles. The number of rotatable bonds is 3. The summed E-state index contributed by atoms with van der Waals surface area (Å²) in [4.78, 5) is 26.9. The number of carbonyl (C=O) groups is 1. The van der Waals surface area contributed by atoms with Crippen molar-refractivity contribution in [2.45, 2.75) is 0 Å². The number of H-pyrrole nitrogens is 1. The van der Waals surface area contributed by atoms with Crippen molar-refractivity contribution in [2.24, 2.45) is 0 Å². The Morgan fingerprint density at radius 3 is 2.35 bits per heavy atom. The standard InChI is InChI=1S/C17H13FN2O3/c1-23-16(21)14-15(11-7-9-12(18)10-8-11)20(17(22)19-14)13-5-3-2-4-6-13/h2-10H,1H3,(H,19,22). The van der Waals surface area contributed by atoms with Crippen molar-refractivity contribution >= 4 is 5.97 Å². The average molecular weight is 312 g/mol. The molecule has 3 rings (SSSR count). The third-order valence-electron chi connectivity index (χ3n) is 3.42. The predicted octanol–water partition coefficient (Wildman–Crippen LogP) is 2.76. The van der Waals surface area contributed by atoms with Crippen LogP contribution in [0.25, 0.3) is 16.9 Å². The minimum absolute atomic E-state index is 0.0213. The predicted molar refractivity (Wildman–Crippen MR) is 83.1 cm³/mol. The number of carbonyl (C=O) groups excluding carboxylic acids is 1. The summed E-state index contributed by atoms with van der Waals surface area (Å²) in [5.41, 5.74) is 0.981. The summed E-state index contributed by atoms with van der Waals surface area (Å²) in [5, 5.41) is 0. The molecule has 0 unspecified atom stereocenters. The molecule has 0 aliphatic heterocycles. The SMILES string of the molecule is COC(=O)c1[nH]c(=O)n(-c2ccccc2)c1-c1ccc(F)cc1. The van der Waals surface area contributed by atoms with Crippen LogP contribution in [0, 0.1) is 5.82 Å². The van der Waals surface area contributed by atoms with Crippen LogP contribution in [0.15, 0.2) is 59.4 Å². The summed E-state index contributed by atoms with van der Waals surface area (Å²) in [7, 11) is 1.23. The van der Waals surface area contributed by atoms with Crippen LogP contribution in [0.1, 0.15) is 10.5 Å². The van der Waals surface area contributed by atoms with Gasteiger partial charge < -0.3 is 4.74 Å². The number of benzene rings is 2. The van der Waals surface area contributed by atoms with Crippen molar-refractivity contribution in [3.8, 4) is 16.9 Å². The van der Waals surface area contributed by atoms with Gasteiger partial charge in [0.1, 0.15) is 5.82 Å². The molecule has 5 nitrogen and oxygen atoms in total. The lowest BCUT2D eigenvalue weighted by Gasteiger charge is -2.09. The summed E-state index contributed by atoms with van der Waals surface area (Å²) in [6, 6.07) is 14.4. The summed E-state index contributed by atoms with van der Waals surface area (Å²) >= 11 is 0. The van der Waals surface area contributed by atoms with E-state index in [0.29, 0.717) is 16.9 Å². The van der Waals surface area contributed by atoms with Crippen LogP contribution in [0.2, 0.25) is 0 Å². The molecule has 1 N–H and O–H groups in total. The molecule has 0 aliphatic rings. The van der Waals surface area contributed by atoms with E-state index in [4.69, 9.17) is 4.74 Å². The molecule has 3 aromatic rings. The van der Waals surface area contributed by atoms with Crippen LogP contribution in [0.4, 0.5) is 4.39 Å². The minimum atomic E-state index is -0.670. The van der Waals surface area contributed by atoms with Gasteiger partial charge in [-0.15, -0.1) is 0 Å². The number of imidazole rings is 1. The van der Waals surface area contributed by atoms with Crippen molar-refractivity contribution in [1.29, 1.82) is 0 Å². The van der Waals surface area contributed by atoms with Crippen molar-refractivity contribution in [3.63, 3.8) is 0 Å². The summed E-state index contributed by atoms with van der Waals surface area (Å²) in [5.74, 6) is -1.08. The summed E-state index contributed by atoms with van der Waals surface area (Å²) in [6.07, 6.45) is 0. The van der Waals surface area contributed by atoms with Crippen LogP contribution in [0.3, 0.4) is 0 Å². The number of para-hydroxylation sites is 1. The average Bonchev–Trinajstić information content (AvgIpc) is 2.93. The van der Waals surface area contributed by atoms with Gasteiger partial charge in [0.05, 0.1) is 18.5 Å². The van der Waals surface area contributed by atoms with Gasteiger partial charge >= 0.3 is 11.7 Å². The van der Waals surface area contributed by atoms with E-state index in [1.54, 1.807) is 24.3 Å². The van der Waals surface area contributed by atoms with Gasteiger partial charge in [-0.05, 0) is 36.4 Å². The molecule has 6 heteroatoms. The normalized spacial score (nSPS) is 10.5. The number of hydrogen-bond donors (Lipinski definition) is 1. The maximum Gasteiger partial charge on any atom is 0.356 e. The molecule has 1 aromatic heterocycles. The Morgan fingerprint density at radius 2 is 1.74 bits per heavy atom. The molecule has 1 heterocycles. The van der Waals surface area contributed by atoms with E-state index in [1.807, 2.05) is 6.07 Å². The molecule has 0 radical (unpaired) electrons. The Morgan fingerprint density at radius 1 is 1.09 bits per heavy atom. The molecule has 2 aromatic carbocycles. The van der Waals surface area contributed by atoms with Gasteiger partial charge in [0.2, 0.25) is 0 Å². The number of ether oxygens (including phenoxy) is 1. The highest BCUT2D eigenvalue weighted by molar-refractivity contribution is 5.94. The van der Waals surface area contributed by atoms with Crippen molar-refractivity contribution in [3.05, 3.63) is 76.6 Å². The maximum absolute atomic E-state index is 13.2. The van der Waals surface area contributed by atoms with E-state index in [2.05, 4.69) is 4.98 Å². The van der Waals surface area contributed by atoms with Gasteiger partial charge in [-0.25, -0.2) is 14.0 Å². The molecule has 0 bridgehead atoms. The smallest absolute Gasteiger partial charge is 0.356 e. The Kier molecular flexibility index (Phi) is 3.80. The highest BCUT2D eigenvalue weighted by Crippen LogP contribution is 2.25. The first-order chi connectivity index (χ1) is 11.1. The number of aromatic nitrogens is 2. The van der Waals surface area contributed by atoms with Crippen LogP contribution in [0.5, 0.6) is 0 Å². The van der Waals surface area contributed by atoms with Crippen molar-refractivity contribution < 1.29 is 13.9 Å². The quantitative estimate of drug-likeness (QED) is 0.756. The van der Waals surface area contributed by atoms with Gasteiger partial charge in [0.15, 0.2) is 5.69 Å². The number of nitrogens with zero attached hydrogens (tertiary/aromatic N) is 1. The highest BCUT2D eigenvalue weighted by Gasteiger charge is 2.22. The van der Waals surface area contributed by atoms with Gasteiger partial charge in [-0.2, -0.15) is 0 Å². The Bertz CT molecular complexity index is 896. The first-order valence-electron chi connectivity index (χ1n) is 6.86. The summed E-state index contributed by atoms with van der Waals surface area (Å²) < 4.78 is 19.3. The van der Waals surface area contributed by atoms with E-state index in [-0.39, 0.29) is 5.69 Å². The number of hydrogen-bond acceptors (Lipinski definition) is 3. The van der Waals surface area contributed by atoms with Gasteiger partial charge in [0, 0.05) is 5.56 Å². The molecule has 0 saturated carbocycles. The number of halogens is 1. The van der Waals surface area contributed by atoms with Crippen LogP contribution in [-0.2, 0) is 4.74 Å². The van der Waals surface area contributed by atoms with Crippen LogP contribution in [-0.4, -0.2) is 22.6 Å². The minimum Gasteiger partial charge on any atom is -0.464 e. The zero-order chi connectivity index (χ0) is 16.4. The molecular weight excluding hydrogens is 299 g/mol. The molecule has 116 valence electrons. The van der Waals surface area contributed by atoms with Crippen molar-refractivity contribution in [2.75, 3.05) is 7.11 Å². The topological polar surface area (TPSA) is 64.1 Å². The molecule has 0 saturated heterocycles. The zero-order valence-electron chi connectivity index (χ0n) is 12.2. The third-order valence-corrected chi connectivity index (χ3v) is 3.42. The molecule has 0 atom stereocenters. The first kappa shape index (κ1) is 14.8. The highest BCUT2D eigenvalue weighted by atomic mass is 19.1. The molecule has 0 spiro atoms. The summed E-state index contributed by atoms with van der Waals surface area (Å²) in [6.45, 7) is 0. The fourth-order valence-corrected chi connectivity index (χ4v) is 2.39. The molecule has 23 heavy (non-hydrogen) atoms. The van der Waals surface area contributed by atoms with E-state index in [0.717, 1.165) is 0 Å². The van der Waals surface area contributed by atoms with Crippen LogP contribution < -0.4 is 5.69 Å². The van der Waals surface area contributed by atoms with E-state index >= 15 is 0 Å². The second-order valence-corrected chi connectivity index (χ2v) is 4.82. The fraction of sp³-hybridized carbons (Fsp3) is 0.0588. The first-order valence-corrected chi connectivity index (χ1v) is 6.86. The molecule has 0 fully saturated rings. The maximum atomic E-state index is 13.2. The second kappa shape index (κ2) is 5.92. The fourth-order valence-electron chi connectivity index (χ4n) is 2.39. The van der Waals surface area contributed by atoms with Gasteiger partial charge in [-0.1, -0.05) is 18.2 Å². The number of nitrogens with one attached hydrogen (secondary N) is 1. The zero-order valence-corrected chi connectivity index (χ0v) is 12.2.